The number of carboxylic acid groups (broad SMARTS) is 1. The Kier molecular flexibility index (Phi) is 6.68. The molecule has 5 nitrogen and oxygen atoms in total. The van der Waals surface area contributed by atoms with E-state index < -0.39 is 5.97 Å². The van der Waals surface area contributed by atoms with Gasteiger partial charge in [-0.2, -0.15) is 0 Å². The molecule has 0 radical (unpaired) electrons. The van der Waals surface area contributed by atoms with E-state index in [1.807, 2.05) is 27.7 Å². The summed E-state index contributed by atoms with van der Waals surface area (Å²) in [6.07, 6.45) is -0.578. The minimum atomic E-state index is -1.02. The van der Waals surface area contributed by atoms with Crippen molar-refractivity contribution in [2.75, 3.05) is 0 Å². The molecular weight excluding hydrogens is 308 g/mol. The van der Waals surface area contributed by atoms with Crippen LogP contribution in [0.25, 0.3) is 0 Å². The second kappa shape index (κ2) is 8.03. The van der Waals surface area contributed by atoms with E-state index >= 15 is 0 Å². The Labute approximate surface area is 135 Å². The third-order valence-electron chi connectivity index (χ3n) is 2.63. The lowest BCUT2D eigenvalue weighted by molar-refractivity contribution is -0.136. The zero-order valence-electron chi connectivity index (χ0n) is 13.2. The standard InChI is InChI=1S/C16H21ClO5/c1-9(2)21-14-8-12(17)15(22-10(3)4)7-11(14)13(18)5-6-16(19)20/h7-10H,5-6H2,1-4H3,(H,19,20). The van der Waals surface area contributed by atoms with Crippen LogP contribution in [0.4, 0.5) is 0 Å². The van der Waals surface area contributed by atoms with Crippen LogP contribution in [0.15, 0.2) is 12.1 Å². The maximum atomic E-state index is 12.3. The molecule has 0 unspecified atom stereocenters. The van der Waals surface area contributed by atoms with Gasteiger partial charge in [-0.25, -0.2) is 0 Å². The molecule has 1 aromatic carbocycles. The van der Waals surface area contributed by atoms with Crippen LogP contribution in [0.3, 0.4) is 0 Å². The van der Waals surface area contributed by atoms with Crippen LogP contribution in [-0.2, 0) is 4.79 Å². The van der Waals surface area contributed by atoms with Gasteiger partial charge in [0.2, 0.25) is 0 Å². The predicted molar refractivity (Wildman–Crippen MR) is 84.2 cm³/mol. The van der Waals surface area contributed by atoms with Crippen molar-refractivity contribution in [3.05, 3.63) is 22.7 Å². The molecule has 1 aromatic rings. The molecule has 6 heteroatoms. The summed E-state index contributed by atoms with van der Waals surface area (Å²) >= 11 is 6.15. The summed E-state index contributed by atoms with van der Waals surface area (Å²) in [6.45, 7) is 7.36. The third kappa shape index (κ3) is 5.56. The highest BCUT2D eigenvalue weighted by molar-refractivity contribution is 6.32. The topological polar surface area (TPSA) is 72.8 Å². The van der Waals surface area contributed by atoms with Crippen LogP contribution in [0.1, 0.15) is 50.9 Å². The summed E-state index contributed by atoms with van der Waals surface area (Å²) in [5.41, 5.74) is 0.287. The fraction of sp³-hybridized carbons (Fsp3) is 0.500. The normalized spacial score (nSPS) is 10.9. The summed E-state index contributed by atoms with van der Waals surface area (Å²) in [7, 11) is 0. The molecule has 0 aliphatic carbocycles. The average molecular weight is 329 g/mol. The lowest BCUT2D eigenvalue weighted by Crippen LogP contribution is -2.13. The number of hydrogen-bond donors (Lipinski definition) is 1. The van der Waals surface area contributed by atoms with E-state index in [0.29, 0.717) is 16.5 Å². The number of ether oxygens (including phenoxy) is 2. The highest BCUT2D eigenvalue weighted by Gasteiger charge is 2.19. The molecule has 0 aliphatic heterocycles. The molecule has 22 heavy (non-hydrogen) atoms. The first-order valence-electron chi connectivity index (χ1n) is 7.12. The van der Waals surface area contributed by atoms with Crippen molar-refractivity contribution in [2.24, 2.45) is 0 Å². The van der Waals surface area contributed by atoms with E-state index in [1.165, 1.54) is 12.1 Å². The minimum absolute atomic E-state index is 0.101. The number of hydrogen-bond acceptors (Lipinski definition) is 4. The second-order valence-corrected chi connectivity index (χ2v) is 5.84. The Morgan fingerprint density at radius 2 is 1.59 bits per heavy atom. The average Bonchev–Trinajstić information content (AvgIpc) is 2.37. The second-order valence-electron chi connectivity index (χ2n) is 5.43. The summed E-state index contributed by atoms with van der Waals surface area (Å²) in [6, 6.07) is 3.05. The molecule has 122 valence electrons. The van der Waals surface area contributed by atoms with Crippen LogP contribution in [-0.4, -0.2) is 29.1 Å². The molecule has 0 aliphatic rings. The smallest absolute Gasteiger partial charge is 0.303 e. The maximum Gasteiger partial charge on any atom is 0.303 e. The van der Waals surface area contributed by atoms with Crippen LogP contribution in [0, 0.1) is 0 Å². The molecule has 1 rings (SSSR count). The lowest BCUT2D eigenvalue weighted by Gasteiger charge is -2.17. The zero-order valence-corrected chi connectivity index (χ0v) is 13.9. The third-order valence-corrected chi connectivity index (χ3v) is 2.92. The van der Waals surface area contributed by atoms with Gasteiger partial charge in [0, 0.05) is 12.5 Å². The molecule has 1 N–H and O–H groups in total. The monoisotopic (exact) mass is 328 g/mol. The zero-order chi connectivity index (χ0) is 16.9. The van der Waals surface area contributed by atoms with Gasteiger partial charge in [-0.1, -0.05) is 11.6 Å². The fourth-order valence-corrected chi connectivity index (χ4v) is 2.00. The molecule has 0 atom stereocenters. The quantitative estimate of drug-likeness (QED) is 0.731. The van der Waals surface area contributed by atoms with Crippen LogP contribution in [0.5, 0.6) is 11.5 Å². The van der Waals surface area contributed by atoms with Gasteiger partial charge in [-0.05, 0) is 33.8 Å². The molecular formula is C16H21ClO5. The Morgan fingerprint density at radius 3 is 2.09 bits per heavy atom. The highest BCUT2D eigenvalue weighted by atomic mass is 35.5. The first-order chi connectivity index (χ1) is 10.2. The largest absolute Gasteiger partial charge is 0.490 e. The number of carbonyl (C=O) groups excluding carboxylic acids is 1. The molecule has 0 amide bonds. The Hall–Kier alpha value is -1.75. The van der Waals surface area contributed by atoms with Crippen molar-refractivity contribution in [1.82, 2.24) is 0 Å². The van der Waals surface area contributed by atoms with Gasteiger partial charge in [-0.3, -0.25) is 9.59 Å². The van der Waals surface area contributed by atoms with Crippen molar-refractivity contribution in [3.63, 3.8) is 0 Å². The van der Waals surface area contributed by atoms with Crippen molar-refractivity contribution >= 4 is 23.4 Å². The molecule has 0 heterocycles. The number of carboxylic acids is 1. The van der Waals surface area contributed by atoms with Crippen molar-refractivity contribution < 1.29 is 24.2 Å². The molecule has 0 spiro atoms. The van der Waals surface area contributed by atoms with E-state index in [-0.39, 0.29) is 36.4 Å². The number of halogens is 1. The lowest BCUT2D eigenvalue weighted by atomic mass is 10.0. The number of benzene rings is 1. The van der Waals surface area contributed by atoms with Gasteiger partial charge in [0.15, 0.2) is 5.78 Å². The van der Waals surface area contributed by atoms with Crippen molar-refractivity contribution in [3.8, 4) is 11.5 Å². The van der Waals surface area contributed by atoms with E-state index in [4.69, 9.17) is 26.2 Å². The molecule has 0 bridgehead atoms. The van der Waals surface area contributed by atoms with Crippen LogP contribution < -0.4 is 9.47 Å². The van der Waals surface area contributed by atoms with E-state index in [1.54, 1.807) is 0 Å². The first kappa shape index (κ1) is 18.3. The van der Waals surface area contributed by atoms with Crippen molar-refractivity contribution in [1.29, 1.82) is 0 Å². The van der Waals surface area contributed by atoms with Gasteiger partial charge in [0.1, 0.15) is 11.5 Å². The van der Waals surface area contributed by atoms with E-state index in [0.717, 1.165) is 0 Å². The number of aliphatic carboxylic acids is 1. The summed E-state index contributed by atoms with van der Waals surface area (Å²) < 4.78 is 11.2. The van der Waals surface area contributed by atoms with E-state index in [9.17, 15) is 9.59 Å². The molecule has 0 saturated carbocycles. The van der Waals surface area contributed by atoms with Gasteiger partial charge in [0.05, 0.1) is 29.2 Å². The van der Waals surface area contributed by atoms with Gasteiger partial charge in [-0.15, -0.1) is 0 Å². The Balaban J connectivity index is 3.17. The van der Waals surface area contributed by atoms with Gasteiger partial charge >= 0.3 is 5.97 Å². The summed E-state index contributed by atoms with van der Waals surface area (Å²) in [5, 5.41) is 9.06. The molecule has 0 saturated heterocycles. The summed E-state index contributed by atoms with van der Waals surface area (Å²) in [5.74, 6) is -0.617. The fourth-order valence-electron chi connectivity index (χ4n) is 1.80. The van der Waals surface area contributed by atoms with E-state index in [2.05, 4.69) is 0 Å². The number of carbonyl (C=O) groups is 2. The molecule has 0 aromatic heterocycles. The van der Waals surface area contributed by atoms with Gasteiger partial charge in [0.25, 0.3) is 0 Å². The summed E-state index contributed by atoms with van der Waals surface area (Å²) in [4.78, 5) is 22.9. The predicted octanol–water partition coefficient (Wildman–Crippen LogP) is 3.96. The van der Waals surface area contributed by atoms with Crippen LogP contribution >= 0.6 is 11.6 Å². The van der Waals surface area contributed by atoms with Crippen LogP contribution in [0.2, 0.25) is 5.02 Å². The molecule has 0 fully saturated rings. The number of Topliss-reactive ketones (excluding diaryl/α,β-unsaturated/α-hetero) is 1. The highest BCUT2D eigenvalue weighted by Crippen LogP contribution is 2.34. The number of rotatable bonds is 8. The van der Waals surface area contributed by atoms with Gasteiger partial charge < -0.3 is 14.6 Å². The Morgan fingerprint density at radius 1 is 1.05 bits per heavy atom. The SMILES string of the molecule is CC(C)Oc1cc(C(=O)CCC(=O)O)c(OC(C)C)cc1Cl. The Bertz CT molecular complexity index is 552. The maximum absolute atomic E-state index is 12.3. The minimum Gasteiger partial charge on any atom is -0.490 e. The van der Waals surface area contributed by atoms with Crippen molar-refractivity contribution in [2.45, 2.75) is 52.7 Å². The first-order valence-corrected chi connectivity index (χ1v) is 7.50. The number of ketones is 1.